The van der Waals surface area contributed by atoms with E-state index in [9.17, 15) is 10.1 Å². The van der Waals surface area contributed by atoms with Crippen LogP contribution in [0.25, 0.3) is 10.9 Å². The van der Waals surface area contributed by atoms with Crippen LogP contribution in [0.15, 0.2) is 42.5 Å². The van der Waals surface area contributed by atoms with Crippen LogP contribution < -0.4 is 27.2 Å². The second kappa shape index (κ2) is 10.3. The second-order valence-corrected chi connectivity index (χ2v) is 9.09. The fourth-order valence-corrected chi connectivity index (χ4v) is 4.81. The van der Waals surface area contributed by atoms with E-state index in [0.29, 0.717) is 52.0 Å². The summed E-state index contributed by atoms with van der Waals surface area (Å²) in [6.07, 6.45) is 1.56. The molecule has 0 radical (unpaired) electrons. The topological polar surface area (TPSA) is 192 Å². The summed E-state index contributed by atoms with van der Waals surface area (Å²) < 4.78 is 0. The molecule has 12 nitrogen and oxygen atoms in total. The number of nitrogens with one attached hydrogen (secondary N) is 2. The average molecular weight is 531 g/mol. The standard InChI is InChI=1S/C25H23ClN10O2/c26-16-3-1-4-17-19(16)22(30-12-13-6-8-14(9-7-13)24(37)35-38)33-21(31-17)18-5-2-10-36(18)23-15(11-27)20(28)32-25(29)34-23/h1,3-4,6-9,18,38H,2,5,10,12H2,(H,35,37)(H,30,31,33)(H4,28,29,32,34)/t18-/m0/s1. The van der Waals surface area contributed by atoms with Crippen molar-refractivity contribution in [2.24, 2.45) is 0 Å². The normalized spacial score (nSPS) is 14.9. The van der Waals surface area contributed by atoms with Crippen LogP contribution in [0.4, 0.5) is 23.4 Å². The summed E-state index contributed by atoms with van der Waals surface area (Å²) in [6.45, 7) is 1.01. The summed E-state index contributed by atoms with van der Waals surface area (Å²) in [4.78, 5) is 31.5. The molecule has 1 amide bonds. The minimum absolute atomic E-state index is 0.0156. The Morgan fingerprint density at radius 1 is 1.16 bits per heavy atom. The van der Waals surface area contributed by atoms with Gasteiger partial charge in [-0.3, -0.25) is 10.0 Å². The molecule has 2 aromatic heterocycles. The van der Waals surface area contributed by atoms with E-state index in [1.807, 2.05) is 17.0 Å². The Bertz CT molecular complexity index is 1570. The monoisotopic (exact) mass is 530 g/mol. The molecule has 0 bridgehead atoms. The first-order valence-corrected chi connectivity index (χ1v) is 12.1. The van der Waals surface area contributed by atoms with Gasteiger partial charge in [-0.2, -0.15) is 15.2 Å². The number of fused-ring (bicyclic) bond motifs is 1. The number of carbonyl (C=O) groups excluding carboxylic acids is 1. The van der Waals surface area contributed by atoms with Gasteiger partial charge in [0.2, 0.25) is 5.95 Å². The Morgan fingerprint density at radius 2 is 1.95 bits per heavy atom. The fourth-order valence-electron chi connectivity index (χ4n) is 4.55. The highest BCUT2D eigenvalue weighted by atomic mass is 35.5. The first-order chi connectivity index (χ1) is 18.4. The van der Waals surface area contributed by atoms with Crippen molar-refractivity contribution in [3.8, 4) is 6.07 Å². The van der Waals surface area contributed by atoms with Crippen LogP contribution in [0, 0.1) is 11.3 Å². The third kappa shape index (κ3) is 4.68. The smallest absolute Gasteiger partial charge is 0.274 e. The zero-order valence-corrected chi connectivity index (χ0v) is 20.8. The lowest BCUT2D eigenvalue weighted by Gasteiger charge is -2.26. The lowest BCUT2D eigenvalue weighted by atomic mass is 10.1. The second-order valence-electron chi connectivity index (χ2n) is 8.68. The van der Waals surface area contributed by atoms with Crippen molar-refractivity contribution in [1.82, 2.24) is 25.4 Å². The maximum atomic E-state index is 11.6. The van der Waals surface area contributed by atoms with Gasteiger partial charge >= 0.3 is 0 Å². The fraction of sp³-hybridized carbons (Fsp3) is 0.200. The molecular weight excluding hydrogens is 508 g/mol. The molecule has 192 valence electrons. The molecule has 3 heterocycles. The summed E-state index contributed by atoms with van der Waals surface area (Å²) in [5, 5.41) is 23.0. The third-order valence-corrected chi connectivity index (χ3v) is 6.65. The summed E-state index contributed by atoms with van der Waals surface area (Å²) >= 11 is 6.55. The molecule has 2 aromatic carbocycles. The van der Waals surface area contributed by atoms with Gasteiger partial charge in [0, 0.05) is 18.7 Å². The molecule has 7 N–H and O–H groups in total. The minimum Gasteiger partial charge on any atom is -0.382 e. The summed E-state index contributed by atoms with van der Waals surface area (Å²) in [5.41, 5.74) is 15.5. The molecule has 1 saturated heterocycles. The zero-order chi connectivity index (χ0) is 26.8. The lowest BCUT2D eigenvalue weighted by molar-refractivity contribution is 0.0706. The maximum absolute atomic E-state index is 11.6. The van der Waals surface area contributed by atoms with E-state index in [-0.39, 0.29) is 23.4 Å². The number of nitrogens with two attached hydrogens (primary N) is 2. The first kappa shape index (κ1) is 24.9. The number of carbonyl (C=O) groups is 1. The van der Waals surface area contributed by atoms with Crippen molar-refractivity contribution in [3.63, 3.8) is 0 Å². The van der Waals surface area contributed by atoms with Crippen LogP contribution in [-0.4, -0.2) is 37.6 Å². The van der Waals surface area contributed by atoms with Gasteiger partial charge in [-0.05, 0) is 42.7 Å². The highest BCUT2D eigenvalue weighted by Gasteiger charge is 2.33. The van der Waals surface area contributed by atoms with Crippen LogP contribution in [0.5, 0.6) is 0 Å². The Hall–Kier alpha value is -4.73. The number of halogens is 1. The maximum Gasteiger partial charge on any atom is 0.274 e. The number of rotatable bonds is 6. The molecule has 1 atom stereocenters. The number of anilines is 4. The van der Waals surface area contributed by atoms with E-state index in [4.69, 9.17) is 38.2 Å². The van der Waals surface area contributed by atoms with Gasteiger partial charge in [0.1, 0.15) is 23.3 Å². The molecule has 4 aromatic rings. The van der Waals surface area contributed by atoms with E-state index in [0.717, 1.165) is 18.4 Å². The van der Waals surface area contributed by atoms with Crippen LogP contribution in [0.2, 0.25) is 5.02 Å². The number of benzene rings is 2. The van der Waals surface area contributed by atoms with Crippen molar-refractivity contribution in [3.05, 3.63) is 70.0 Å². The summed E-state index contributed by atoms with van der Waals surface area (Å²) in [7, 11) is 0. The van der Waals surface area contributed by atoms with Crippen molar-refractivity contribution >= 4 is 51.8 Å². The van der Waals surface area contributed by atoms with Crippen LogP contribution in [-0.2, 0) is 6.54 Å². The van der Waals surface area contributed by atoms with E-state index < -0.39 is 5.91 Å². The number of nitriles is 1. The number of amides is 1. The highest BCUT2D eigenvalue weighted by Crippen LogP contribution is 2.38. The van der Waals surface area contributed by atoms with Crippen molar-refractivity contribution < 1.29 is 10.0 Å². The van der Waals surface area contributed by atoms with Crippen LogP contribution in [0.3, 0.4) is 0 Å². The highest BCUT2D eigenvalue weighted by molar-refractivity contribution is 6.36. The van der Waals surface area contributed by atoms with Gasteiger partial charge in [-0.25, -0.2) is 15.4 Å². The minimum atomic E-state index is -0.587. The number of nitrogen functional groups attached to an aromatic ring is 2. The molecule has 0 spiro atoms. The molecule has 1 aliphatic rings. The van der Waals surface area contributed by atoms with E-state index in [1.54, 1.807) is 35.8 Å². The van der Waals surface area contributed by atoms with E-state index in [1.165, 1.54) is 0 Å². The summed E-state index contributed by atoms with van der Waals surface area (Å²) in [6, 6.07) is 14.0. The van der Waals surface area contributed by atoms with E-state index in [2.05, 4.69) is 21.4 Å². The number of hydrogen-bond acceptors (Lipinski definition) is 11. The third-order valence-electron chi connectivity index (χ3n) is 6.34. The molecular formula is C25H23ClN10O2. The Labute approximate surface area is 222 Å². The van der Waals surface area contributed by atoms with Gasteiger partial charge in [0.05, 0.1) is 22.0 Å². The largest absolute Gasteiger partial charge is 0.382 e. The summed E-state index contributed by atoms with van der Waals surface area (Å²) in [5.74, 6) is 0.859. The number of hydrogen-bond donors (Lipinski definition) is 5. The number of aromatic nitrogens is 4. The van der Waals surface area contributed by atoms with Crippen molar-refractivity contribution in [1.29, 1.82) is 5.26 Å². The van der Waals surface area contributed by atoms with Gasteiger partial charge in [-0.1, -0.05) is 29.8 Å². The average Bonchev–Trinajstić information content (AvgIpc) is 3.41. The molecule has 13 heteroatoms. The molecule has 0 saturated carbocycles. The van der Waals surface area contributed by atoms with Gasteiger partial charge in [-0.15, -0.1) is 0 Å². The lowest BCUT2D eigenvalue weighted by Crippen LogP contribution is -2.27. The SMILES string of the molecule is N#Cc1c(N)nc(N)nc1N1CCC[C@H]1c1nc(NCc2ccc(C(=O)NO)cc2)c2c(Cl)cccc2n1. The number of hydroxylamine groups is 1. The predicted octanol–water partition coefficient (Wildman–Crippen LogP) is 3.18. The Balaban J connectivity index is 1.51. The number of nitrogens with zero attached hydrogens (tertiary/aromatic N) is 6. The van der Waals surface area contributed by atoms with Crippen molar-refractivity contribution in [2.45, 2.75) is 25.4 Å². The molecule has 5 rings (SSSR count). The van der Waals surface area contributed by atoms with Crippen LogP contribution in [0.1, 0.15) is 46.2 Å². The molecule has 1 aliphatic heterocycles. The van der Waals surface area contributed by atoms with E-state index >= 15 is 0 Å². The van der Waals surface area contributed by atoms with Gasteiger partial charge in [0.25, 0.3) is 5.91 Å². The predicted molar refractivity (Wildman–Crippen MR) is 142 cm³/mol. The molecule has 1 fully saturated rings. The molecule has 0 aliphatic carbocycles. The van der Waals surface area contributed by atoms with Crippen molar-refractivity contribution in [2.75, 3.05) is 28.2 Å². The Morgan fingerprint density at radius 3 is 2.68 bits per heavy atom. The quantitative estimate of drug-likeness (QED) is 0.181. The first-order valence-electron chi connectivity index (χ1n) is 11.7. The molecule has 0 unspecified atom stereocenters. The Kier molecular flexibility index (Phi) is 6.78. The molecule has 38 heavy (non-hydrogen) atoms. The van der Waals surface area contributed by atoms with Gasteiger partial charge < -0.3 is 21.7 Å². The van der Waals surface area contributed by atoms with Gasteiger partial charge in [0.15, 0.2) is 11.6 Å². The zero-order valence-electron chi connectivity index (χ0n) is 20.0. The van der Waals surface area contributed by atoms with Crippen LogP contribution >= 0.6 is 11.6 Å².